The second-order valence-electron chi connectivity index (χ2n) is 5.32. The Hall–Kier alpha value is -1.38. The highest BCUT2D eigenvalue weighted by molar-refractivity contribution is 5.77. The van der Waals surface area contributed by atoms with Crippen LogP contribution in [0.15, 0.2) is 18.2 Å². The molecule has 3 heteroatoms. The largest absolute Gasteiger partial charge is 0.381 e. The van der Waals surface area contributed by atoms with E-state index in [0.717, 1.165) is 6.54 Å². The lowest BCUT2D eigenvalue weighted by molar-refractivity contribution is 0.466. The number of hydrogen-bond acceptors (Lipinski definition) is 3. The molecule has 0 aromatic heterocycles. The van der Waals surface area contributed by atoms with E-state index in [4.69, 9.17) is 0 Å². The summed E-state index contributed by atoms with van der Waals surface area (Å²) >= 11 is 0. The molecule has 0 spiro atoms. The van der Waals surface area contributed by atoms with Gasteiger partial charge in [0.1, 0.15) is 0 Å². The second-order valence-corrected chi connectivity index (χ2v) is 5.32. The van der Waals surface area contributed by atoms with Crippen LogP contribution in [0.4, 0.5) is 17.1 Å². The summed E-state index contributed by atoms with van der Waals surface area (Å²) in [6, 6.07) is 7.47. The lowest BCUT2D eigenvalue weighted by Gasteiger charge is -2.42. The Morgan fingerprint density at radius 1 is 1.29 bits per heavy atom. The zero-order valence-corrected chi connectivity index (χ0v) is 10.7. The first-order valence-electron chi connectivity index (χ1n) is 6.57. The topological polar surface area (TPSA) is 18.5 Å². The van der Waals surface area contributed by atoms with Crippen LogP contribution in [0.5, 0.6) is 0 Å². The third kappa shape index (κ3) is 1.84. The van der Waals surface area contributed by atoms with Gasteiger partial charge in [0.2, 0.25) is 0 Å². The van der Waals surface area contributed by atoms with E-state index in [9.17, 15) is 0 Å². The maximum absolute atomic E-state index is 3.59. The van der Waals surface area contributed by atoms with Gasteiger partial charge in [-0.1, -0.05) is 0 Å². The Kier molecular flexibility index (Phi) is 2.61. The number of nitrogens with zero attached hydrogens (tertiary/aromatic N) is 2. The molecule has 1 aromatic rings. The number of benzene rings is 1. The third-order valence-corrected chi connectivity index (χ3v) is 3.96. The van der Waals surface area contributed by atoms with Crippen LogP contribution < -0.4 is 15.1 Å². The average Bonchev–Trinajstić information content (AvgIpc) is 2.38. The molecule has 1 atom stereocenters. The normalized spacial score (nSPS) is 22.5. The third-order valence-electron chi connectivity index (χ3n) is 3.96. The highest BCUT2D eigenvalue weighted by Crippen LogP contribution is 2.37. The summed E-state index contributed by atoms with van der Waals surface area (Å²) in [7, 11) is 4.18. The summed E-state index contributed by atoms with van der Waals surface area (Å²) in [4.78, 5) is 4.75. The quantitative estimate of drug-likeness (QED) is 0.801. The van der Waals surface area contributed by atoms with E-state index < -0.39 is 0 Å². The molecule has 1 aromatic carbocycles. The minimum atomic E-state index is 0.710. The van der Waals surface area contributed by atoms with Gasteiger partial charge in [-0.2, -0.15) is 0 Å². The van der Waals surface area contributed by atoms with E-state index in [0.29, 0.717) is 6.04 Å². The van der Waals surface area contributed by atoms with Gasteiger partial charge in [-0.05, 0) is 37.5 Å². The number of anilines is 3. The molecule has 17 heavy (non-hydrogen) atoms. The molecule has 2 heterocycles. The number of hydrogen-bond donors (Lipinski definition) is 1. The van der Waals surface area contributed by atoms with Crippen LogP contribution in [0.25, 0.3) is 0 Å². The fourth-order valence-corrected chi connectivity index (χ4v) is 2.95. The average molecular weight is 231 g/mol. The summed E-state index contributed by atoms with van der Waals surface area (Å²) in [6.07, 6.45) is 4.06. The molecule has 0 amide bonds. The number of fused-ring (bicyclic) bond motifs is 3. The molecular weight excluding hydrogens is 210 g/mol. The summed E-state index contributed by atoms with van der Waals surface area (Å²) in [6.45, 7) is 2.32. The molecule has 0 aliphatic carbocycles. The van der Waals surface area contributed by atoms with Crippen molar-refractivity contribution < 1.29 is 0 Å². The minimum absolute atomic E-state index is 0.710. The number of nitrogens with one attached hydrogen (secondary N) is 1. The fourth-order valence-electron chi connectivity index (χ4n) is 2.95. The Morgan fingerprint density at radius 3 is 3.00 bits per heavy atom. The Labute approximate surface area is 103 Å². The fraction of sp³-hybridized carbons (Fsp3) is 0.571. The van der Waals surface area contributed by atoms with Gasteiger partial charge in [-0.15, -0.1) is 0 Å². The van der Waals surface area contributed by atoms with Crippen molar-refractivity contribution in [2.24, 2.45) is 0 Å². The lowest BCUT2D eigenvalue weighted by atomic mass is 9.98. The number of rotatable bonds is 1. The van der Waals surface area contributed by atoms with E-state index in [1.807, 2.05) is 0 Å². The zero-order valence-electron chi connectivity index (χ0n) is 10.7. The van der Waals surface area contributed by atoms with E-state index in [-0.39, 0.29) is 0 Å². The van der Waals surface area contributed by atoms with Gasteiger partial charge in [-0.25, -0.2) is 0 Å². The maximum Gasteiger partial charge on any atom is 0.0606 e. The predicted octanol–water partition coefficient (Wildman–Crippen LogP) is 2.54. The second kappa shape index (κ2) is 4.13. The van der Waals surface area contributed by atoms with Crippen molar-refractivity contribution >= 4 is 17.1 Å². The van der Waals surface area contributed by atoms with E-state index in [2.05, 4.69) is 47.4 Å². The van der Waals surface area contributed by atoms with Crippen LogP contribution in [-0.4, -0.2) is 33.2 Å². The highest BCUT2D eigenvalue weighted by Gasteiger charge is 2.28. The smallest absolute Gasteiger partial charge is 0.0606 e. The summed E-state index contributed by atoms with van der Waals surface area (Å²) in [5.41, 5.74) is 3.97. The molecule has 2 aliphatic heterocycles. The van der Waals surface area contributed by atoms with Gasteiger partial charge in [0.05, 0.1) is 11.4 Å². The molecule has 0 bridgehead atoms. The Morgan fingerprint density at radius 2 is 2.18 bits per heavy atom. The molecule has 92 valence electrons. The van der Waals surface area contributed by atoms with Crippen molar-refractivity contribution in [3.63, 3.8) is 0 Å². The number of piperidine rings is 1. The standard InChI is InChI=1S/C14H21N3/c1-16(2)11-6-7-14-13(9-11)15-10-12-5-3-4-8-17(12)14/h6-7,9,12,15H,3-5,8,10H2,1-2H3. The van der Waals surface area contributed by atoms with Gasteiger partial charge in [-0.3, -0.25) is 0 Å². The van der Waals surface area contributed by atoms with Crippen molar-refractivity contribution in [1.82, 2.24) is 0 Å². The molecule has 1 saturated heterocycles. The minimum Gasteiger partial charge on any atom is -0.381 e. The highest BCUT2D eigenvalue weighted by atomic mass is 15.2. The van der Waals surface area contributed by atoms with Crippen LogP contribution in [0.1, 0.15) is 19.3 Å². The molecule has 0 radical (unpaired) electrons. The molecule has 3 rings (SSSR count). The van der Waals surface area contributed by atoms with Crippen molar-refractivity contribution in [2.45, 2.75) is 25.3 Å². The van der Waals surface area contributed by atoms with Gasteiger partial charge in [0, 0.05) is 38.9 Å². The van der Waals surface area contributed by atoms with Crippen LogP contribution in [-0.2, 0) is 0 Å². The van der Waals surface area contributed by atoms with Crippen LogP contribution in [0, 0.1) is 0 Å². The van der Waals surface area contributed by atoms with Crippen molar-refractivity contribution in [3.05, 3.63) is 18.2 Å². The first kappa shape index (κ1) is 10.8. The lowest BCUT2D eigenvalue weighted by Crippen LogP contribution is -2.47. The van der Waals surface area contributed by atoms with E-state index in [1.165, 1.54) is 42.9 Å². The first-order valence-corrected chi connectivity index (χ1v) is 6.57. The summed E-state index contributed by atoms with van der Waals surface area (Å²) in [5.74, 6) is 0. The van der Waals surface area contributed by atoms with Crippen LogP contribution in [0.2, 0.25) is 0 Å². The van der Waals surface area contributed by atoms with Crippen molar-refractivity contribution in [2.75, 3.05) is 42.3 Å². The van der Waals surface area contributed by atoms with Crippen molar-refractivity contribution in [3.8, 4) is 0 Å². The van der Waals surface area contributed by atoms with E-state index in [1.54, 1.807) is 0 Å². The van der Waals surface area contributed by atoms with Crippen molar-refractivity contribution in [1.29, 1.82) is 0 Å². The van der Waals surface area contributed by atoms with Gasteiger partial charge < -0.3 is 15.1 Å². The van der Waals surface area contributed by atoms with Gasteiger partial charge in [0.25, 0.3) is 0 Å². The first-order chi connectivity index (χ1) is 8.25. The zero-order chi connectivity index (χ0) is 11.8. The maximum atomic E-state index is 3.59. The summed E-state index contributed by atoms with van der Waals surface area (Å²) < 4.78 is 0. The molecule has 3 nitrogen and oxygen atoms in total. The molecule has 1 N–H and O–H groups in total. The predicted molar refractivity (Wildman–Crippen MR) is 74.2 cm³/mol. The SMILES string of the molecule is CN(C)c1ccc2c(c1)NCC1CCCCN21. The molecular formula is C14H21N3. The Bertz CT molecular complexity index is 414. The molecule has 1 fully saturated rings. The van der Waals surface area contributed by atoms with Crippen LogP contribution >= 0.6 is 0 Å². The van der Waals surface area contributed by atoms with E-state index >= 15 is 0 Å². The Balaban J connectivity index is 1.95. The van der Waals surface area contributed by atoms with Gasteiger partial charge >= 0.3 is 0 Å². The molecule has 0 saturated carbocycles. The summed E-state index contributed by atoms with van der Waals surface area (Å²) in [5, 5.41) is 3.59. The van der Waals surface area contributed by atoms with Crippen LogP contribution in [0.3, 0.4) is 0 Å². The molecule has 2 aliphatic rings. The molecule has 1 unspecified atom stereocenters. The monoisotopic (exact) mass is 231 g/mol. The van der Waals surface area contributed by atoms with Gasteiger partial charge in [0.15, 0.2) is 0 Å².